The molecule has 0 amide bonds. The van der Waals surface area contributed by atoms with Crippen molar-refractivity contribution in [3.05, 3.63) is 71.7 Å². The number of pyridine rings is 2. The second-order valence-electron chi connectivity index (χ2n) is 6.99. The number of fused-ring (bicyclic) bond motifs is 2. The van der Waals surface area contributed by atoms with E-state index in [1.807, 2.05) is 29.3 Å². The summed E-state index contributed by atoms with van der Waals surface area (Å²) < 4.78 is 46.0. The van der Waals surface area contributed by atoms with Crippen molar-refractivity contribution >= 4 is 11.3 Å². The molecule has 5 heterocycles. The van der Waals surface area contributed by atoms with Gasteiger partial charge in [-0.15, -0.1) is 0 Å². The van der Waals surface area contributed by atoms with Crippen LogP contribution in [0, 0.1) is 0 Å². The van der Waals surface area contributed by atoms with Crippen molar-refractivity contribution in [3.8, 4) is 5.75 Å². The number of alkyl halides is 3. The van der Waals surface area contributed by atoms with E-state index in [0.29, 0.717) is 30.2 Å². The third kappa shape index (κ3) is 2.95. The first-order chi connectivity index (χ1) is 14.5. The fourth-order valence-corrected chi connectivity index (χ4v) is 3.86. The van der Waals surface area contributed by atoms with Gasteiger partial charge in [0, 0.05) is 31.1 Å². The van der Waals surface area contributed by atoms with Crippen LogP contribution in [0.4, 0.5) is 19.0 Å². The molecule has 10 heteroatoms. The molecular formula is C20H17F3N6O. The summed E-state index contributed by atoms with van der Waals surface area (Å²) in [5, 5.41) is 4.69. The fraction of sp³-hybridized carbons (Fsp3) is 0.250. The van der Waals surface area contributed by atoms with Crippen molar-refractivity contribution < 1.29 is 17.9 Å². The third-order valence-corrected chi connectivity index (χ3v) is 5.28. The minimum absolute atomic E-state index is 0.395. The van der Waals surface area contributed by atoms with Gasteiger partial charge in [-0.05, 0) is 30.3 Å². The zero-order valence-electron chi connectivity index (χ0n) is 15.9. The SMILES string of the molecule is COc1cccn2nc([C@H]3c4nc[nH]c4CCN3c3ccc(C(F)(F)F)cn3)cc12. The maximum absolute atomic E-state index is 13.0. The second-order valence-corrected chi connectivity index (χ2v) is 6.99. The first-order valence-electron chi connectivity index (χ1n) is 9.30. The maximum Gasteiger partial charge on any atom is 0.417 e. The number of H-pyrrole nitrogens is 1. The van der Waals surface area contributed by atoms with Crippen LogP contribution in [-0.2, 0) is 12.6 Å². The lowest BCUT2D eigenvalue weighted by molar-refractivity contribution is -0.137. The van der Waals surface area contributed by atoms with Crippen molar-refractivity contribution in [2.24, 2.45) is 0 Å². The van der Waals surface area contributed by atoms with Gasteiger partial charge in [0.1, 0.15) is 23.1 Å². The van der Waals surface area contributed by atoms with Crippen LogP contribution in [0.5, 0.6) is 5.75 Å². The quantitative estimate of drug-likeness (QED) is 0.554. The molecule has 7 nitrogen and oxygen atoms in total. The Labute approximate surface area is 169 Å². The molecule has 0 spiro atoms. The van der Waals surface area contributed by atoms with Crippen LogP contribution in [0.25, 0.3) is 5.52 Å². The molecule has 0 fully saturated rings. The second kappa shape index (κ2) is 6.75. The first-order valence-corrected chi connectivity index (χ1v) is 9.30. The molecule has 1 N–H and O–H groups in total. The number of anilines is 1. The van der Waals surface area contributed by atoms with Crippen molar-refractivity contribution in [1.29, 1.82) is 0 Å². The molecule has 1 aliphatic heterocycles. The van der Waals surface area contributed by atoms with Crippen LogP contribution >= 0.6 is 0 Å². The van der Waals surface area contributed by atoms with Crippen molar-refractivity contribution in [1.82, 2.24) is 24.6 Å². The molecular weight excluding hydrogens is 397 g/mol. The van der Waals surface area contributed by atoms with Crippen molar-refractivity contribution in [2.45, 2.75) is 18.6 Å². The highest BCUT2D eigenvalue weighted by Crippen LogP contribution is 2.37. The molecule has 4 aromatic heterocycles. The molecule has 1 aliphatic rings. The van der Waals surface area contributed by atoms with E-state index in [2.05, 4.69) is 20.1 Å². The Hall–Kier alpha value is -3.56. The van der Waals surface area contributed by atoms with Crippen LogP contribution in [0.3, 0.4) is 0 Å². The summed E-state index contributed by atoms with van der Waals surface area (Å²) >= 11 is 0. The number of hydrogen-bond donors (Lipinski definition) is 1. The molecule has 154 valence electrons. The summed E-state index contributed by atoms with van der Waals surface area (Å²) in [6.45, 7) is 0.559. The number of imidazole rings is 1. The number of hydrogen-bond acceptors (Lipinski definition) is 5. The number of nitrogens with zero attached hydrogens (tertiary/aromatic N) is 5. The topological polar surface area (TPSA) is 71.3 Å². The number of aromatic nitrogens is 5. The third-order valence-electron chi connectivity index (χ3n) is 5.28. The van der Waals surface area contributed by atoms with Crippen molar-refractivity contribution in [3.63, 3.8) is 0 Å². The van der Waals surface area contributed by atoms with E-state index in [1.165, 1.54) is 6.07 Å². The fourth-order valence-electron chi connectivity index (χ4n) is 3.86. The highest BCUT2D eigenvalue weighted by molar-refractivity contribution is 5.62. The van der Waals surface area contributed by atoms with Crippen LogP contribution in [-0.4, -0.2) is 38.2 Å². The van der Waals surface area contributed by atoms with Crippen molar-refractivity contribution in [2.75, 3.05) is 18.6 Å². The summed E-state index contributed by atoms with van der Waals surface area (Å²) in [6, 6.07) is 7.63. The summed E-state index contributed by atoms with van der Waals surface area (Å²) in [5.74, 6) is 1.11. The Morgan fingerprint density at radius 3 is 2.80 bits per heavy atom. The minimum Gasteiger partial charge on any atom is -0.494 e. The zero-order chi connectivity index (χ0) is 20.9. The molecule has 5 rings (SSSR count). The molecule has 0 saturated carbocycles. The molecule has 4 aromatic rings. The number of aromatic amines is 1. The van der Waals surface area contributed by atoms with Gasteiger partial charge in [-0.2, -0.15) is 18.3 Å². The Kier molecular flexibility index (Phi) is 4.16. The van der Waals surface area contributed by atoms with E-state index in [0.717, 1.165) is 29.2 Å². The van der Waals surface area contributed by atoms with Crippen LogP contribution in [0.2, 0.25) is 0 Å². The van der Waals surface area contributed by atoms with Gasteiger partial charge in [0.15, 0.2) is 0 Å². The Balaban J connectivity index is 1.61. The molecule has 30 heavy (non-hydrogen) atoms. The standard InChI is InChI=1S/C20H17F3N6O/c1-30-16-3-2-7-29-15(16)9-14(27-29)19-18-13(25-11-26-18)6-8-28(19)17-5-4-12(10-24-17)20(21,22)23/h2-5,7,9-11,19H,6,8H2,1H3,(H,25,26)/t19-/m0/s1. The number of methoxy groups -OCH3 is 1. The monoisotopic (exact) mass is 414 g/mol. The van der Waals surface area contributed by atoms with E-state index in [4.69, 9.17) is 4.74 Å². The molecule has 0 aromatic carbocycles. The van der Waals surface area contributed by atoms with Gasteiger partial charge in [-0.1, -0.05) is 0 Å². The van der Waals surface area contributed by atoms with Gasteiger partial charge in [-0.3, -0.25) is 0 Å². The predicted molar refractivity (Wildman–Crippen MR) is 102 cm³/mol. The number of ether oxygens (including phenoxy) is 1. The van der Waals surface area contributed by atoms with E-state index < -0.39 is 17.8 Å². The molecule has 0 bridgehead atoms. The summed E-state index contributed by atoms with van der Waals surface area (Å²) in [4.78, 5) is 13.6. The molecule has 0 radical (unpaired) electrons. The van der Waals surface area contributed by atoms with Gasteiger partial charge in [-0.25, -0.2) is 14.5 Å². The first kappa shape index (κ1) is 18.5. The van der Waals surface area contributed by atoms with E-state index in [9.17, 15) is 13.2 Å². The van der Waals surface area contributed by atoms with Crippen LogP contribution < -0.4 is 9.64 Å². The van der Waals surface area contributed by atoms with Gasteiger partial charge in [0.2, 0.25) is 0 Å². The lowest BCUT2D eigenvalue weighted by atomic mass is 9.99. The highest BCUT2D eigenvalue weighted by atomic mass is 19.4. The van der Waals surface area contributed by atoms with E-state index >= 15 is 0 Å². The predicted octanol–water partition coefficient (Wildman–Crippen LogP) is 3.63. The maximum atomic E-state index is 13.0. The number of halogens is 3. The van der Waals surface area contributed by atoms with Gasteiger partial charge in [0.25, 0.3) is 0 Å². The Bertz CT molecular complexity index is 1200. The van der Waals surface area contributed by atoms with Gasteiger partial charge >= 0.3 is 6.18 Å². The Morgan fingerprint density at radius 1 is 1.20 bits per heavy atom. The van der Waals surface area contributed by atoms with Gasteiger partial charge < -0.3 is 14.6 Å². The van der Waals surface area contributed by atoms with E-state index in [1.54, 1.807) is 18.0 Å². The highest BCUT2D eigenvalue weighted by Gasteiger charge is 2.35. The Morgan fingerprint density at radius 2 is 2.07 bits per heavy atom. The summed E-state index contributed by atoms with van der Waals surface area (Å²) in [5.41, 5.74) is 2.47. The largest absolute Gasteiger partial charge is 0.494 e. The minimum atomic E-state index is -4.43. The molecule has 0 unspecified atom stereocenters. The van der Waals surface area contributed by atoms with E-state index in [-0.39, 0.29) is 0 Å². The summed E-state index contributed by atoms with van der Waals surface area (Å²) in [6.07, 6.45) is 0.540. The summed E-state index contributed by atoms with van der Waals surface area (Å²) in [7, 11) is 1.59. The zero-order valence-corrected chi connectivity index (χ0v) is 15.9. The van der Waals surface area contributed by atoms with Gasteiger partial charge in [0.05, 0.1) is 30.4 Å². The lowest BCUT2D eigenvalue weighted by Crippen LogP contribution is -2.37. The molecule has 1 atom stereocenters. The van der Waals surface area contributed by atoms with Crippen LogP contribution in [0.15, 0.2) is 49.1 Å². The average molecular weight is 414 g/mol. The number of nitrogens with one attached hydrogen (secondary N) is 1. The molecule has 0 aliphatic carbocycles. The number of rotatable bonds is 3. The smallest absolute Gasteiger partial charge is 0.417 e. The normalized spacial score (nSPS) is 16.7. The average Bonchev–Trinajstić information content (AvgIpc) is 3.39. The lowest BCUT2D eigenvalue weighted by Gasteiger charge is -2.34. The van der Waals surface area contributed by atoms with Crippen LogP contribution in [0.1, 0.15) is 28.7 Å². The molecule has 0 saturated heterocycles.